The Morgan fingerprint density at radius 2 is 1.80 bits per heavy atom. The van der Waals surface area contributed by atoms with Gasteiger partial charge in [0.05, 0.1) is 17.5 Å². The van der Waals surface area contributed by atoms with Gasteiger partial charge >= 0.3 is 5.97 Å². The number of hydrogen-bond acceptors (Lipinski definition) is 3. The third kappa shape index (κ3) is 3.72. The summed E-state index contributed by atoms with van der Waals surface area (Å²) in [6, 6.07) is 0. The van der Waals surface area contributed by atoms with Crippen molar-refractivity contribution in [2.45, 2.75) is 70.4 Å². The van der Waals surface area contributed by atoms with E-state index in [1.165, 1.54) is 0 Å². The molecule has 1 aliphatic rings. The van der Waals surface area contributed by atoms with Crippen molar-refractivity contribution in [1.29, 1.82) is 0 Å². The van der Waals surface area contributed by atoms with E-state index in [0.29, 0.717) is 6.54 Å². The van der Waals surface area contributed by atoms with Crippen LogP contribution >= 0.6 is 0 Å². The molecular weight excluding hydrogens is 256 g/mol. The Morgan fingerprint density at radius 3 is 2.25 bits per heavy atom. The molecule has 1 saturated carbocycles. The number of carboxylic acid groups (broad SMARTS) is 1. The number of aliphatic carboxylic acids is 1. The summed E-state index contributed by atoms with van der Waals surface area (Å²) >= 11 is 0. The first-order valence-corrected chi connectivity index (χ1v) is 7.50. The van der Waals surface area contributed by atoms with Gasteiger partial charge in [-0.1, -0.05) is 26.2 Å². The van der Waals surface area contributed by atoms with E-state index in [4.69, 9.17) is 0 Å². The molecule has 0 saturated heterocycles. The zero-order valence-corrected chi connectivity index (χ0v) is 13.2. The van der Waals surface area contributed by atoms with Crippen molar-refractivity contribution in [2.75, 3.05) is 13.6 Å². The average Bonchev–Trinajstić information content (AvgIpc) is 2.37. The molecule has 2 N–H and O–H groups in total. The van der Waals surface area contributed by atoms with Crippen molar-refractivity contribution >= 4 is 11.9 Å². The number of carboxylic acids is 1. The highest BCUT2D eigenvalue weighted by atomic mass is 16.4. The van der Waals surface area contributed by atoms with Crippen LogP contribution in [-0.2, 0) is 9.59 Å². The number of hydrogen-bond donors (Lipinski definition) is 2. The van der Waals surface area contributed by atoms with Crippen LogP contribution in [0.3, 0.4) is 0 Å². The molecule has 0 bridgehead atoms. The zero-order chi connectivity index (χ0) is 15.4. The molecular formula is C15H28N2O3. The van der Waals surface area contributed by atoms with E-state index in [1.807, 2.05) is 20.8 Å². The lowest BCUT2D eigenvalue weighted by atomic mass is 9.77. The molecule has 0 atom stereocenters. The van der Waals surface area contributed by atoms with Crippen LogP contribution < -0.4 is 5.32 Å². The Bertz CT molecular complexity index is 360. The SMILES string of the molecule is CCNC(C)(C)C(=O)N(C)C1(CC(=O)O)CCCCC1. The molecule has 0 aliphatic heterocycles. The molecule has 0 unspecified atom stereocenters. The lowest BCUT2D eigenvalue weighted by Crippen LogP contribution is -2.60. The van der Waals surface area contributed by atoms with Gasteiger partial charge in [0.1, 0.15) is 0 Å². The second kappa shape index (κ2) is 6.57. The van der Waals surface area contributed by atoms with Crippen LogP contribution in [0.1, 0.15) is 59.3 Å². The summed E-state index contributed by atoms with van der Waals surface area (Å²) in [5.74, 6) is -0.852. The van der Waals surface area contributed by atoms with Crippen molar-refractivity contribution in [1.82, 2.24) is 10.2 Å². The molecule has 5 nitrogen and oxygen atoms in total. The molecule has 116 valence electrons. The van der Waals surface area contributed by atoms with Crippen molar-refractivity contribution in [2.24, 2.45) is 0 Å². The second-order valence-electron chi connectivity index (χ2n) is 6.38. The smallest absolute Gasteiger partial charge is 0.305 e. The minimum absolute atomic E-state index is 0.0255. The fraction of sp³-hybridized carbons (Fsp3) is 0.867. The highest BCUT2D eigenvalue weighted by Crippen LogP contribution is 2.36. The minimum atomic E-state index is -0.826. The van der Waals surface area contributed by atoms with Gasteiger partial charge in [0, 0.05) is 7.05 Å². The minimum Gasteiger partial charge on any atom is -0.481 e. The maximum atomic E-state index is 12.7. The number of likely N-dealkylation sites (N-methyl/N-ethyl adjacent to an activating group) is 2. The second-order valence-corrected chi connectivity index (χ2v) is 6.38. The molecule has 0 aromatic rings. The maximum Gasteiger partial charge on any atom is 0.305 e. The highest BCUT2D eigenvalue weighted by molar-refractivity contribution is 5.86. The lowest BCUT2D eigenvalue weighted by molar-refractivity contribution is -0.149. The quantitative estimate of drug-likeness (QED) is 0.783. The Balaban J connectivity index is 2.95. The first-order valence-electron chi connectivity index (χ1n) is 7.50. The molecule has 5 heteroatoms. The van der Waals surface area contributed by atoms with E-state index in [1.54, 1.807) is 11.9 Å². The van der Waals surface area contributed by atoms with Gasteiger partial charge in [0.2, 0.25) is 5.91 Å². The third-order valence-electron chi connectivity index (χ3n) is 4.43. The van der Waals surface area contributed by atoms with Crippen LogP contribution in [0.15, 0.2) is 0 Å². The monoisotopic (exact) mass is 284 g/mol. The van der Waals surface area contributed by atoms with E-state index >= 15 is 0 Å². The number of carbonyl (C=O) groups is 2. The first-order chi connectivity index (χ1) is 9.25. The van der Waals surface area contributed by atoms with E-state index in [9.17, 15) is 14.7 Å². The summed E-state index contributed by atoms with van der Waals surface area (Å²) in [6.07, 6.45) is 4.71. The van der Waals surface area contributed by atoms with Gasteiger partial charge in [-0.15, -0.1) is 0 Å². The van der Waals surface area contributed by atoms with Gasteiger partial charge in [-0.2, -0.15) is 0 Å². The van der Waals surface area contributed by atoms with Crippen molar-refractivity contribution in [3.8, 4) is 0 Å². The van der Waals surface area contributed by atoms with Gasteiger partial charge in [-0.3, -0.25) is 9.59 Å². The Kier molecular flexibility index (Phi) is 5.57. The number of nitrogens with one attached hydrogen (secondary N) is 1. The zero-order valence-electron chi connectivity index (χ0n) is 13.2. The third-order valence-corrected chi connectivity index (χ3v) is 4.43. The Morgan fingerprint density at radius 1 is 1.25 bits per heavy atom. The molecule has 0 aromatic heterocycles. The fourth-order valence-corrected chi connectivity index (χ4v) is 3.27. The van der Waals surface area contributed by atoms with Crippen LogP contribution in [0.25, 0.3) is 0 Å². The van der Waals surface area contributed by atoms with Crippen LogP contribution in [0.5, 0.6) is 0 Å². The maximum absolute atomic E-state index is 12.7. The Labute approximate surface area is 121 Å². The summed E-state index contributed by atoms with van der Waals surface area (Å²) in [7, 11) is 1.76. The van der Waals surface area contributed by atoms with Crippen molar-refractivity contribution in [3.63, 3.8) is 0 Å². The number of nitrogens with zero attached hydrogens (tertiary/aromatic N) is 1. The largest absolute Gasteiger partial charge is 0.481 e. The van der Waals surface area contributed by atoms with Crippen molar-refractivity contribution < 1.29 is 14.7 Å². The van der Waals surface area contributed by atoms with E-state index in [-0.39, 0.29) is 12.3 Å². The predicted molar refractivity (Wildman–Crippen MR) is 78.6 cm³/mol. The molecule has 20 heavy (non-hydrogen) atoms. The molecule has 0 heterocycles. The summed E-state index contributed by atoms with van der Waals surface area (Å²) < 4.78 is 0. The van der Waals surface area contributed by atoms with Gasteiger partial charge in [0.15, 0.2) is 0 Å². The first kappa shape index (κ1) is 17.0. The van der Waals surface area contributed by atoms with Crippen molar-refractivity contribution in [3.05, 3.63) is 0 Å². The Hall–Kier alpha value is -1.10. The number of amides is 1. The standard InChI is InChI=1S/C15H28N2O3/c1-5-16-14(2,3)13(20)17(4)15(11-12(18)19)9-7-6-8-10-15/h16H,5-11H2,1-4H3,(H,18,19). The summed E-state index contributed by atoms with van der Waals surface area (Å²) in [5, 5.41) is 12.4. The molecule has 1 rings (SSSR count). The van der Waals surface area contributed by atoms with E-state index < -0.39 is 17.0 Å². The van der Waals surface area contributed by atoms with Crippen LogP contribution in [0, 0.1) is 0 Å². The predicted octanol–water partition coefficient (Wildman–Crippen LogP) is 2.01. The lowest BCUT2D eigenvalue weighted by Gasteiger charge is -2.46. The molecule has 1 fully saturated rings. The normalized spacial score (nSPS) is 18.6. The van der Waals surface area contributed by atoms with Gasteiger partial charge in [-0.05, 0) is 33.2 Å². The summed E-state index contributed by atoms with van der Waals surface area (Å²) in [5.41, 5.74) is -1.18. The van der Waals surface area contributed by atoms with Gasteiger partial charge in [0.25, 0.3) is 0 Å². The highest BCUT2D eigenvalue weighted by Gasteiger charge is 2.43. The average molecular weight is 284 g/mol. The van der Waals surface area contributed by atoms with E-state index in [2.05, 4.69) is 5.32 Å². The topological polar surface area (TPSA) is 69.6 Å². The van der Waals surface area contributed by atoms with Crippen LogP contribution in [-0.4, -0.2) is 46.6 Å². The molecule has 0 radical (unpaired) electrons. The molecule has 0 spiro atoms. The number of carbonyl (C=O) groups excluding carboxylic acids is 1. The summed E-state index contributed by atoms with van der Waals surface area (Å²) in [6.45, 7) is 6.38. The van der Waals surface area contributed by atoms with Crippen LogP contribution in [0.2, 0.25) is 0 Å². The fourth-order valence-electron chi connectivity index (χ4n) is 3.27. The van der Waals surface area contributed by atoms with Gasteiger partial charge in [-0.25, -0.2) is 0 Å². The van der Waals surface area contributed by atoms with E-state index in [0.717, 1.165) is 32.1 Å². The summed E-state index contributed by atoms with van der Waals surface area (Å²) in [4.78, 5) is 25.6. The number of rotatable bonds is 6. The molecule has 0 aromatic carbocycles. The van der Waals surface area contributed by atoms with Crippen LogP contribution in [0.4, 0.5) is 0 Å². The molecule has 1 aliphatic carbocycles. The van der Waals surface area contributed by atoms with Gasteiger partial charge < -0.3 is 15.3 Å². The molecule has 1 amide bonds.